The molecular weight excluding hydrogens is 639 g/mol. The largest absolute Gasteiger partial charge is 0.309 e. The molecule has 0 aliphatic rings. The molecule has 10 rings (SSSR count). The van der Waals surface area contributed by atoms with Gasteiger partial charge in [-0.05, 0) is 48.5 Å². The minimum atomic E-state index is 0.531. The van der Waals surface area contributed by atoms with Crippen LogP contribution in [0.15, 0.2) is 164 Å². The molecule has 0 aliphatic carbocycles. The third-order valence-corrected chi connectivity index (χ3v) is 9.65. The van der Waals surface area contributed by atoms with Gasteiger partial charge in [0.25, 0.3) is 0 Å². The quantitative estimate of drug-likeness (QED) is 0.172. The van der Waals surface area contributed by atoms with E-state index >= 15 is 0 Å². The highest BCUT2D eigenvalue weighted by Crippen LogP contribution is 2.42. The van der Waals surface area contributed by atoms with Gasteiger partial charge in [-0.3, -0.25) is 4.57 Å². The monoisotopic (exact) mass is 665 g/mol. The highest BCUT2D eigenvalue weighted by atomic mass is 15.1. The van der Waals surface area contributed by atoms with Crippen LogP contribution in [-0.4, -0.2) is 29.1 Å². The molecule has 242 valence electrons. The lowest BCUT2D eigenvalue weighted by Crippen LogP contribution is -2.04. The molecule has 7 nitrogen and oxygen atoms in total. The summed E-state index contributed by atoms with van der Waals surface area (Å²) in [7, 11) is 0. The molecule has 0 atom stereocenters. The summed E-state index contributed by atoms with van der Waals surface area (Å²) >= 11 is 0. The number of benzene rings is 6. The highest BCUT2D eigenvalue weighted by Gasteiger charge is 2.23. The van der Waals surface area contributed by atoms with E-state index in [-0.39, 0.29) is 0 Å². The molecule has 0 bridgehead atoms. The highest BCUT2D eigenvalue weighted by molar-refractivity contribution is 6.26. The summed E-state index contributed by atoms with van der Waals surface area (Å²) in [5.74, 6) is 1.64. The molecule has 0 saturated carbocycles. The van der Waals surface area contributed by atoms with Gasteiger partial charge >= 0.3 is 0 Å². The fraction of sp³-hybridized carbons (Fsp3) is 0. The van der Waals surface area contributed by atoms with Gasteiger partial charge in [-0.2, -0.15) is 0 Å². The van der Waals surface area contributed by atoms with Gasteiger partial charge in [-0.1, -0.05) is 109 Å². The zero-order valence-electron chi connectivity index (χ0n) is 27.7. The number of pyridine rings is 1. The number of hydrogen-bond acceptors (Lipinski definition) is 4. The van der Waals surface area contributed by atoms with Gasteiger partial charge in [0.15, 0.2) is 23.2 Å². The van der Waals surface area contributed by atoms with Crippen LogP contribution in [-0.2, 0) is 0 Å². The summed E-state index contributed by atoms with van der Waals surface area (Å²) in [4.78, 5) is 23.7. The first-order valence-corrected chi connectivity index (χ1v) is 17.0. The van der Waals surface area contributed by atoms with Gasteiger partial charge in [-0.15, -0.1) is 0 Å². The zero-order chi connectivity index (χ0) is 34.6. The van der Waals surface area contributed by atoms with Crippen molar-refractivity contribution < 1.29 is 0 Å². The first-order chi connectivity index (χ1) is 25.8. The van der Waals surface area contributed by atoms with Crippen molar-refractivity contribution in [2.45, 2.75) is 0 Å². The van der Waals surface area contributed by atoms with Crippen LogP contribution in [0.1, 0.15) is 0 Å². The maximum Gasteiger partial charge on any atom is 0.187 e. The number of para-hydroxylation sites is 3. The standard InChI is InChI=1S/C45H27N7/c1-46-31-24-22-30(23-25-31)43-48-42(29-13-4-2-5-14-29)49-44(50-43)36-18-9-11-21-38(36)52-41-33(34-19-12-28-47-45(34)52)26-27-39-40(41)35-17-8-10-20-37(35)51(39)32-15-6-3-7-16-32/h2-28H. The lowest BCUT2D eigenvalue weighted by atomic mass is 10.1. The van der Waals surface area contributed by atoms with Crippen LogP contribution in [0.4, 0.5) is 5.69 Å². The van der Waals surface area contributed by atoms with E-state index in [2.05, 4.69) is 98.9 Å². The lowest BCUT2D eigenvalue weighted by Gasteiger charge is -2.14. The minimum Gasteiger partial charge on any atom is -0.309 e. The minimum absolute atomic E-state index is 0.531. The summed E-state index contributed by atoms with van der Waals surface area (Å²) < 4.78 is 4.62. The SMILES string of the molecule is [C-]#[N+]c1ccc(-c2nc(-c3ccccc3)nc(-c3ccccc3-n3c4ncccc4c4ccc5c(c6ccccc6n5-c5ccccc5)c43)n2)cc1. The van der Waals surface area contributed by atoms with Crippen LogP contribution >= 0.6 is 0 Å². The average molecular weight is 666 g/mol. The van der Waals surface area contributed by atoms with E-state index in [0.717, 1.165) is 71.8 Å². The lowest BCUT2D eigenvalue weighted by molar-refractivity contribution is 1.06. The number of nitrogens with zero attached hydrogens (tertiary/aromatic N) is 7. The number of aromatic nitrogens is 6. The molecule has 0 unspecified atom stereocenters. The van der Waals surface area contributed by atoms with E-state index in [4.69, 9.17) is 26.5 Å². The van der Waals surface area contributed by atoms with Crippen molar-refractivity contribution in [2.24, 2.45) is 0 Å². The molecule has 0 amide bonds. The molecule has 6 aromatic carbocycles. The Morgan fingerprint density at radius 2 is 1.13 bits per heavy atom. The fourth-order valence-electron chi connectivity index (χ4n) is 7.36. The van der Waals surface area contributed by atoms with E-state index in [1.54, 1.807) is 12.1 Å². The molecular formula is C45H27N7. The Morgan fingerprint density at radius 3 is 1.92 bits per heavy atom. The summed E-state index contributed by atoms with van der Waals surface area (Å²) in [6.07, 6.45) is 1.85. The second-order valence-electron chi connectivity index (χ2n) is 12.6. The van der Waals surface area contributed by atoms with E-state index in [1.807, 2.05) is 66.9 Å². The maximum atomic E-state index is 7.43. The number of fused-ring (bicyclic) bond motifs is 7. The Bertz CT molecular complexity index is 3010. The van der Waals surface area contributed by atoms with E-state index in [9.17, 15) is 0 Å². The molecule has 4 heterocycles. The van der Waals surface area contributed by atoms with Crippen molar-refractivity contribution in [1.82, 2.24) is 29.1 Å². The van der Waals surface area contributed by atoms with Crippen LogP contribution in [0.3, 0.4) is 0 Å². The third-order valence-electron chi connectivity index (χ3n) is 9.65. The molecule has 0 aliphatic heterocycles. The normalized spacial score (nSPS) is 11.4. The summed E-state index contributed by atoms with van der Waals surface area (Å²) in [5, 5.41) is 4.48. The number of rotatable bonds is 5. The van der Waals surface area contributed by atoms with Crippen LogP contribution in [0.5, 0.6) is 0 Å². The van der Waals surface area contributed by atoms with Gasteiger partial charge in [0.2, 0.25) is 0 Å². The number of hydrogen-bond donors (Lipinski definition) is 0. The Balaban J connectivity index is 1.30. The molecule has 0 radical (unpaired) electrons. The topological polar surface area (TPSA) is 65.8 Å². The Labute approximate surface area is 298 Å². The smallest absolute Gasteiger partial charge is 0.187 e. The second-order valence-corrected chi connectivity index (χ2v) is 12.6. The molecule has 0 N–H and O–H groups in total. The summed E-state index contributed by atoms with van der Waals surface area (Å²) in [6.45, 7) is 7.43. The van der Waals surface area contributed by atoms with Crippen LogP contribution in [0, 0.1) is 6.57 Å². The Morgan fingerprint density at radius 1 is 0.481 bits per heavy atom. The van der Waals surface area contributed by atoms with Gasteiger partial charge < -0.3 is 4.57 Å². The third kappa shape index (κ3) is 4.59. The van der Waals surface area contributed by atoms with Crippen molar-refractivity contribution >= 4 is 49.4 Å². The first-order valence-electron chi connectivity index (χ1n) is 17.0. The predicted octanol–water partition coefficient (Wildman–Crippen LogP) is 11.0. The summed E-state index contributed by atoms with van der Waals surface area (Å²) in [6, 6.07) is 53.3. The first kappa shape index (κ1) is 29.5. The van der Waals surface area contributed by atoms with E-state index in [0.29, 0.717) is 23.2 Å². The predicted molar refractivity (Wildman–Crippen MR) is 209 cm³/mol. The molecule has 10 aromatic rings. The van der Waals surface area contributed by atoms with Crippen molar-refractivity contribution in [1.29, 1.82) is 0 Å². The molecule has 0 saturated heterocycles. The Hall–Kier alpha value is -7.43. The van der Waals surface area contributed by atoms with Crippen molar-refractivity contribution in [3.63, 3.8) is 0 Å². The average Bonchev–Trinajstić information content (AvgIpc) is 3.74. The van der Waals surface area contributed by atoms with Gasteiger partial charge in [0, 0.05) is 50.1 Å². The van der Waals surface area contributed by atoms with E-state index < -0.39 is 0 Å². The van der Waals surface area contributed by atoms with Crippen molar-refractivity contribution in [3.05, 3.63) is 175 Å². The van der Waals surface area contributed by atoms with Crippen LogP contribution < -0.4 is 0 Å². The van der Waals surface area contributed by atoms with Gasteiger partial charge in [0.1, 0.15) is 5.65 Å². The molecule has 0 fully saturated rings. The van der Waals surface area contributed by atoms with Gasteiger partial charge in [-0.25, -0.2) is 24.8 Å². The van der Waals surface area contributed by atoms with Crippen molar-refractivity contribution in [2.75, 3.05) is 0 Å². The Kier molecular flexibility index (Phi) is 6.73. The second kappa shape index (κ2) is 11.9. The summed E-state index contributed by atoms with van der Waals surface area (Å²) in [5.41, 5.74) is 9.26. The zero-order valence-corrected chi connectivity index (χ0v) is 27.7. The fourth-order valence-corrected chi connectivity index (χ4v) is 7.36. The van der Waals surface area contributed by atoms with Gasteiger partial charge in [0.05, 0.1) is 28.8 Å². The molecule has 0 spiro atoms. The van der Waals surface area contributed by atoms with Crippen LogP contribution in [0.2, 0.25) is 0 Å². The molecule has 52 heavy (non-hydrogen) atoms. The van der Waals surface area contributed by atoms with E-state index in [1.165, 1.54) is 0 Å². The molecule has 4 aromatic heterocycles. The molecule has 7 heteroatoms. The van der Waals surface area contributed by atoms with Crippen LogP contribution in [0.25, 0.3) is 94.1 Å². The maximum absolute atomic E-state index is 7.43. The van der Waals surface area contributed by atoms with Crippen molar-refractivity contribution in [3.8, 4) is 45.5 Å².